The van der Waals surface area contributed by atoms with Gasteiger partial charge in [0.2, 0.25) is 0 Å². The van der Waals surface area contributed by atoms with Gasteiger partial charge in [0.15, 0.2) is 0 Å². The summed E-state index contributed by atoms with van der Waals surface area (Å²) in [6.45, 7) is 4.60. The van der Waals surface area contributed by atoms with Crippen LogP contribution in [-0.2, 0) is 0 Å². The molecule has 0 heterocycles. The summed E-state index contributed by atoms with van der Waals surface area (Å²) in [5.41, 5.74) is 2.78. The van der Waals surface area contributed by atoms with E-state index in [0.717, 1.165) is 12.3 Å². The van der Waals surface area contributed by atoms with Crippen LogP contribution >= 0.6 is 14.5 Å². The third-order valence-electron chi connectivity index (χ3n) is 9.56. The van der Waals surface area contributed by atoms with Crippen LogP contribution in [0.3, 0.4) is 0 Å². The average molecular weight is 661 g/mol. The first kappa shape index (κ1) is 33.3. The van der Waals surface area contributed by atoms with Crippen LogP contribution in [0.15, 0.2) is 217 Å². The van der Waals surface area contributed by atoms with Crippen LogP contribution in [0, 0.1) is 0 Å². The van der Waals surface area contributed by atoms with Crippen molar-refractivity contribution in [2.75, 3.05) is 12.3 Å². The summed E-state index contributed by atoms with van der Waals surface area (Å²) in [5.74, 6) is 0. The van der Waals surface area contributed by atoms with Crippen LogP contribution in [0.1, 0.15) is 13.8 Å². The molecule has 0 fully saturated rings. The van der Waals surface area contributed by atoms with Crippen molar-refractivity contribution in [2.24, 2.45) is 0 Å². The fourth-order valence-corrected chi connectivity index (χ4v) is 17.0. The van der Waals surface area contributed by atoms with E-state index in [0.29, 0.717) is 0 Å². The van der Waals surface area contributed by atoms with Crippen LogP contribution in [0.5, 0.6) is 0 Å². The van der Waals surface area contributed by atoms with Gasteiger partial charge in [-0.05, 0) is 0 Å². The van der Waals surface area contributed by atoms with Crippen LogP contribution in [0.4, 0.5) is 0 Å². The molecule has 0 atom stereocenters. The molecule has 6 aromatic rings. The van der Waals surface area contributed by atoms with Gasteiger partial charge < -0.3 is 0 Å². The second-order valence-corrected chi connectivity index (χ2v) is 20.6. The third kappa shape index (κ3) is 7.27. The number of hydrogen-bond acceptors (Lipinski definition) is 0. The molecule has 0 bridgehead atoms. The predicted molar refractivity (Wildman–Crippen MR) is 219 cm³/mol. The molecule has 0 nitrogen and oxygen atoms in total. The Morgan fingerprint density at radius 1 is 0.333 bits per heavy atom. The zero-order chi connectivity index (χ0) is 33.1. The van der Waals surface area contributed by atoms with Crippen LogP contribution in [-0.4, -0.2) is 12.3 Å². The van der Waals surface area contributed by atoms with Crippen molar-refractivity contribution in [3.05, 3.63) is 217 Å². The fourth-order valence-electron chi connectivity index (χ4n) is 7.34. The maximum absolute atomic E-state index is 2.34. The first-order valence-corrected chi connectivity index (χ1v) is 21.4. The Morgan fingerprint density at radius 3 is 0.708 bits per heavy atom. The van der Waals surface area contributed by atoms with E-state index in [2.05, 4.69) is 220 Å². The van der Waals surface area contributed by atoms with Gasteiger partial charge in [-0.1, -0.05) is 0 Å². The predicted octanol–water partition coefficient (Wildman–Crippen LogP) is 8.89. The molecule has 0 aliphatic heterocycles. The Morgan fingerprint density at radius 2 is 0.521 bits per heavy atom. The number of allylic oxidation sites excluding steroid dienone is 6. The molecule has 0 unspecified atom stereocenters. The first-order valence-electron chi connectivity index (χ1n) is 17.0. The van der Waals surface area contributed by atoms with Crippen molar-refractivity contribution in [3.63, 3.8) is 0 Å². The summed E-state index contributed by atoms with van der Waals surface area (Å²) in [4.78, 5) is 0. The molecule has 0 aliphatic carbocycles. The van der Waals surface area contributed by atoms with Crippen LogP contribution in [0.2, 0.25) is 0 Å². The summed E-state index contributed by atoms with van der Waals surface area (Å²) in [5, 5.41) is 8.66. The minimum absolute atomic E-state index is 1.02. The van der Waals surface area contributed by atoms with Gasteiger partial charge in [0, 0.05) is 0 Å². The van der Waals surface area contributed by atoms with Gasteiger partial charge in [0.1, 0.15) is 0 Å². The van der Waals surface area contributed by atoms with Crippen molar-refractivity contribution in [1.82, 2.24) is 0 Å². The molecule has 0 amide bonds. The molecule has 6 rings (SSSR count). The van der Waals surface area contributed by atoms with Crippen molar-refractivity contribution in [1.29, 1.82) is 0 Å². The van der Waals surface area contributed by atoms with Crippen LogP contribution < -0.4 is 31.8 Å². The maximum atomic E-state index is 2.34. The van der Waals surface area contributed by atoms with Gasteiger partial charge in [0.25, 0.3) is 0 Å². The van der Waals surface area contributed by atoms with E-state index in [4.69, 9.17) is 0 Å². The second kappa shape index (κ2) is 16.0. The van der Waals surface area contributed by atoms with Gasteiger partial charge >= 0.3 is 290 Å². The van der Waals surface area contributed by atoms with Crippen molar-refractivity contribution in [3.8, 4) is 0 Å². The monoisotopic (exact) mass is 660 g/mol. The third-order valence-corrected chi connectivity index (χ3v) is 19.6. The molecule has 0 aromatic heterocycles. The average Bonchev–Trinajstić information content (AvgIpc) is 3.17. The molecule has 2 heteroatoms. The molecule has 0 saturated carbocycles. The first-order chi connectivity index (χ1) is 23.6. The van der Waals surface area contributed by atoms with Crippen molar-refractivity contribution >= 4 is 46.4 Å². The molecule has 0 spiro atoms. The van der Waals surface area contributed by atoms with Gasteiger partial charge in [0.05, 0.1) is 0 Å². The zero-order valence-electron chi connectivity index (χ0n) is 28.0. The SMILES string of the molecule is C\C(=C/C=C/C=C(\C)C[PH](c1ccccc1)(c1ccccc1)c1ccccc1)C[PH](c1ccccc1)(c1ccccc1)c1ccccc1. The summed E-state index contributed by atoms with van der Waals surface area (Å²) in [6, 6.07) is 67.1. The molecule has 0 saturated heterocycles. The van der Waals surface area contributed by atoms with Gasteiger partial charge in [-0.3, -0.25) is 0 Å². The van der Waals surface area contributed by atoms with Crippen LogP contribution in [0.25, 0.3) is 0 Å². The minimum atomic E-state index is -2.33. The van der Waals surface area contributed by atoms with Gasteiger partial charge in [-0.2, -0.15) is 0 Å². The molecule has 6 aromatic carbocycles. The molecular formula is C46H46P2. The van der Waals surface area contributed by atoms with Gasteiger partial charge in [-0.25, -0.2) is 0 Å². The Labute approximate surface area is 288 Å². The normalized spacial score (nSPS) is 13.4. The van der Waals surface area contributed by atoms with E-state index in [1.807, 2.05) is 0 Å². The molecule has 240 valence electrons. The van der Waals surface area contributed by atoms with E-state index in [1.165, 1.54) is 43.0 Å². The number of benzene rings is 6. The molecule has 0 radical (unpaired) electrons. The Kier molecular flexibility index (Phi) is 11.1. The molecule has 0 N–H and O–H groups in total. The number of rotatable bonds is 12. The molecule has 48 heavy (non-hydrogen) atoms. The number of hydrogen-bond donors (Lipinski definition) is 0. The summed E-state index contributed by atoms with van der Waals surface area (Å²) in [7, 11) is -4.65. The van der Waals surface area contributed by atoms with E-state index in [1.54, 1.807) is 0 Å². The summed E-state index contributed by atoms with van der Waals surface area (Å²) in [6.07, 6.45) is 11.2. The summed E-state index contributed by atoms with van der Waals surface area (Å²) >= 11 is 0. The molecule has 0 aliphatic rings. The molecular weight excluding hydrogens is 614 g/mol. The second-order valence-electron chi connectivity index (χ2n) is 12.8. The van der Waals surface area contributed by atoms with E-state index in [9.17, 15) is 0 Å². The Hall–Kier alpha value is -4.60. The van der Waals surface area contributed by atoms with E-state index < -0.39 is 14.5 Å². The Balaban J connectivity index is 1.34. The quantitative estimate of drug-likeness (QED) is 0.0909. The van der Waals surface area contributed by atoms with E-state index in [-0.39, 0.29) is 0 Å². The van der Waals surface area contributed by atoms with Crippen molar-refractivity contribution < 1.29 is 0 Å². The topological polar surface area (TPSA) is 0 Å². The fraction of sp³-hybridized carbons (Fsp3) is 0.0870. The van der Waals surface area contributed by atoms with Gasteiger partial charge in [-0.15, -0.1) is 0 Å². The van der Waals surface area contributed by atoms with Crippen molar-refractivity contribution in [2.45, 2.75) is 13.8 Å². The zero-order valence-corrected chi connectivity index (χ0v) is 30.0. The van der Waals surface area contributed by atoms with E-state index >= 15 is 0 Å². The summed E-state index contributed by atoms with van der Waals surface area (Å²) < 4.78 is 0. The standard InChI is InChI=1S/C46H46P2/c1-39(37-47(41-25-9-3-10-26-41,42-27-11-4-12-28-42)43-29-13-5-14-30-43)23-21-22-24-40(2)38-48(44-31-15-6-16-32-44,45-33-17-7-18-34-45)46-35-19-8-20-36-46/h3-36,47-48H,37-38H2,1-2H3/b22-21+,39-23+,40-24+. The Bertz CT molecular complexity index is 1610.